The molecule has 0 bridgehead atoms. The molecule has 1 nitrogen and oxygen atoms in total. The molecule has 2 aliphatic rings. The van der Waals surface area contributed by atoms with E-state index in [9.17, 15) is 0 Å². The SMILES string of the molecule is CC(C)CC(CNC1CC1)CC1CSc2ccccc21. The zero-order chi connectivity index (χ0) is 13.9. The second kappa shape index (κ2) is 6.53. The van der Waals surface area contributed by atoms with Gasteiger partial charge in [-0.1, -0.05) is 32.0 Å². The molecule has 1 aromatic rings. The first-order valence-electron chi connectivity index (χ1n) is 8.17. The van der Waals surface area contributed by atoms with E-state index in [1.807, 2.05) is 0 Å². The predicted molar refractivity (Wildman–Crippen MR) is 88.5 cm³/mol. The molecule has 0 amide bonds. The number of fused-ring (bicyclic) bond motifs is 1. The predicted octanol–water partition coefficient (Wildman–Crippen LogP) is 4.68. The fourth-order valence-corrected chi connectivity index (χ4v) is 4.65. The van der Waals surface area contributed by atoms with Crippen molar-refractivity contribution in [3.05, 3.63) is 29.8 Å². The van der Waals surface area contributed by atoms with Crippen LogP contribution in [0.3, 0.4) is 0 Å². The smallest absolute Gasteiger partial charge is 0.0107 e. The van der Waals surface area contributed by atoms with Crippen LogP contribution in [0.4, 0.5) is 0 Å². The maximum absolute atomic E-state index is 3.75. The molecule has 1 aromatic carbocycles. The van der Waals surface area contributed by atoms with E-state index in [1.165, 1.54) is 42.9 Å². The van der Waals surface area contributed by atoms with Crippen molar-refractivity contribution in [1.82, 2.24) is 5.32 Å². The molecule has 1 N–H and O–H groups in total. The highest BCUT2D eigenvalue weighted by molar-refractivity contribution is 7.99. The monoisotopic (exact) mass is 289 g/mol. The Kier molecular flexibility index (Phi) is 4.72. The van der Waals surface area contributed by atoms with Crippen LogP contribution in [0, 0.1) is 11.8 Å². The van der Waals surface area contributed by atoms with Gasteiger partial charge in [-0.2, -0.15) is 0 Å². The number of benzene rings is 1. The van der Waals surface area contributed by atoms with Crippen LogP contribution in [0.15, 0.2) is 29.2 Å². The standard InChI is InChI=1S/C18H27NS/c1-13(2)9-14(11-19-16-7-8-16)10-15-12-20-18-6-4-3-5-17(15)18/h3-6,13-16,19H,7-12H2,1-2H3. The van der Waals surface area contributed by atoms with Gasteiger partial charge in [-0.15, -0.1) is 11.8 Å². The van der Waals surface area contributed by atoms with Gasteiger partial charge in [0.25, 0.3) is 0 Å². The van der Waals surface area contributed by atoms with Gasteiger partial charge in [0.15, 0.2) is 0 Å². The Hall–Kier alpha value is -0.470. The third-order valence-electron chi connectivity index (χ3n) is 4.49. The first-order valence-corrected chi connectivity index (χ1v) is 9.16. The quantitative estimate of drug-likeness (QED) is 0.782. The summed E-state index contributed by atoms with van der Waals surface area (Å²) < 4.78 is 0. The summed E-state index contributed by atoms with van der Waals surface area (Å²) in [5, 5.41) is 3.75. The molecule has 1 saturated carbocycles. The van der Waals surface area contributed by atoms with E-state index in [1.54, 1.807) is 5.56 Å². The van der Waals surface area contributed by atoms with Crippen LogP contribution < -0.4 is 5.32 Å². The van der Waals surface area contributed by atoms with E-state index in [-0.39, 0.29) is 0 Å². The highest BCUT2D eigenvalue weighted by atomic mass is 32.2. The number of nitrogens with one attached hydrogen (secondary N) is 1. The second-order valence-electron chi connectivity index (χ2n) is 6.96. The summed E-state index contributed by atoms with van der Waals surface area (Å²) in [5.74, 6) is 3.72. The van der Waals surface area contributed by atoms with E-state index in [0.717, 1.165) is 23.8 Å². The molecular weight excluding hydrogens is 262 g/mol. The first-order chi connectivity index (χ1) is 9.72. The molecule has 0 spiro atoms. The Labute approximate surface area is 127 Å². The first kappa shape index (κ1) is 14.5. The lowest BCUT2D eigenvalue weighted by Crippen LogP contribution is -2.27. The van der Waals surface area contributed by atoms with E-state index in [0.29, 0.717) is 0 Å². The molecule has 2 unspecified atom stereocenters. The van der Waals surface area contributed by atoms with Gasteiger partial charge in [0.2, 0.25) is 0 Å². The van der Waals surface area contributed by atoms with Gasteiger partial charge in [0.05, 0.1) is 0 Å². The Morgan fingerprint density at radius 1 is 1.25 bits per heavy atom. The molecule has 20 heavy (non-hydrogen) atoms. The van der Waals surface area contributed by atoms with Crippen molar-refractivity contribution in [2.24, 2.45) is 11.8 Å². The maximum atomic E-state index is 3.75. The summed E-state index contributed by atoms with van der Waals surface area (Å²) in [6, 6.07) is 9.86. The zero-order valence-corrected chi connectivity index (χ0v) is 13.6. The van der Waals surface area contributed by atoms with Crippen molar-refractivity contribution in [3.63, 3.8) is 0 Å². The lowest BCUT2D eigenvalue weighted by Gasteiger charge is -2.23. The molecule has 1 fully saturated rings. The third-order valence-corrected chi connectivity index (χ3v) is 5.75. The summed E-state index contributed by atoms with van der Waals surface area (Å²) >= 11 is 2.05. The number of hydrogen-bond donors (Lipinski definition) is 1. The highest BCUT2D eigenvalue weighted by Gasteiger charge is 2.27. The summed E-state index contributed by atoms with van der Waals surface area (Å²) in [6.07, 6.45) is 5.53. The van der Waals surface area contributed by atoms with Crippen LogP contribution in [0.2, 0.25) is 0 Å². The zero-order valence-electron chi connectivity index (χ0n) is 12.8. The molecule has 2 atom stereocenters. The molecule has 3 rings (SSSR count). The molecule has 1 heterocycles. The van der Waals surface area contributed by atoms with Crippen molar-refractivity contribution in [2.45, 2.75) is 56.4 Å². The van der Waals surface area contributed by atoms with Gasteiger partial charge >= 0.3 is 0 Å². The van der Waals surface area contributed by atoms with Crippen molar-refractivity contribution in [1.29, 1.82) is 0 Å². The Balaban J connectivity index is 1.60. The largest absolute Gasteiger partial charge is 0.314 e. The summed E-state index contributed by atoms with van der Waals surface area (Å²) in [6.45, 7) is 5.95. The lowest BCUT2D eigenvalue weighted by atomic mass is 9.85. The number of thioether (sulfide) groups is 1. The molecule has 1 aliphatic carbocycles. The molecule has 0 radical (unpaired) electrons. The topological polar surface area (TPSA) is 12.0 Å². The minimum absolute atomic E-state index is 0.779. The van der Waals surface area contributed by atoms with E-state index >= 15 is 0 Å². The van der Waals surface area contributed by atoms with E-state index < -0.39 is 0 Å². The fourth-order valence-electron chi connectivity index (χ4n) is 3.38. The molecule has 2 heteroatoms. The third kappa shape index (κ3) is 3.79. The van der Waals surface area contributed by atoms with Crippen molar-refractivity contribution in [2.75, 3.05) is 12.3 Å². The number of rotatable bonds is 7. The molecule has 0 saturated heterocycles. The number of hydrogen-bond acceptors (Lipinski definition) is 2. The maximum Gasteiger partial charge on any atom is 0.0107 e. The lowest BCUT2D eigenvalue weighted by molar-refractivity contribution is 0.349. The van der Waals surface area contributed by atoms with Crippen LogP contribution >= 0.6 is 11.8 Å². The fraction of sp³-hybridized carbons (Fsp3) is 0.667. The van der Waals surface area contributed by atoms with Gasteiger partial charge in [0.1, 0.15) is 0 Å². The highest BCUT2D eigenvalue weighted by Crippen LogP contribution is 2.43. The van der Waals surface area contributed by atoms with Gasteiger partial charge in [-0.05, 0) is 61.6 Å². The Morgan fingerprint density at radius 3 is 2.80 bits per heavy atom. The van der Waals surface area contributed by atoms with E-state index in [2.05, 4.69) is 55.2 Å². The molecule has 1 aliphatic heterocycles. The Morgan fingerprint density at radius 2 is 2.05 bits per heavy atom. The average Bonchev–Trinajstić information content (AvgIpc) is 3.17. The van der Waals surface area contributed by atoms with Crippen LogP contribution in [0.1, 0.15) is 51.0 Å². The normalized spacial score (nSPS) is 23.1. The molecule has 0 aromatic heterocycles. The van der Waals surface area contributed by atoms with Gasteiger partial charge < -0.3 is 5.32 Å². The van der Waals surface area contributed by atoms with Crippen molar-refractivity contribution >= 4 is 11.8 Å². The summed E-state index contributed by atoms with van der Waals surface area (Å²) in [5.41, 5.74) is 1.61. The molecular formula is C18H27NS. The van der Waals surface area contributed by atoms with Crippen molar-refractivity contribution < 1.29 is 0 Å². The molecule has 110 valence electrons. The van der Waals surface area contributed by atoms with Gasteiger partial charge in [0, 0.05) is 16.7 Å². The minimum Gasteiger partial charge on any atom is -0.314 e. The van der Waals surface area contributed by atoms with Crippen LogP contribution in [0.25, 0.3) is 0 Å². The average molecular weight is 289 g/mol. The van der Waals surface area contributed by atoms with Gasteiger partial charge in [-0.25, -0.2) is 0 Å². The minimum atomic E-state index is 0.779. The van der Waals surface area contributed by atoms with Crippen LogP contribution in [0.5, 0.6) is 0 Å². The summed E-state index contributed by atoms with van der Waals surface area (Å²) in [7, 11) is 0. The van der Waals surface area contributed by atoms with Gasteiger partial charge in [-0.3, -0.25) is 0 Å². The Bertz CT molecular complexity index is 439. The van der Waals surface area contributed by atoms with Crippen LogP contribution in [-0.2, 0) is 0 Å². The second-order valence-corrected chi connectivity index (χ2v) is 8.02. The van der Waals surface area contributed by atoms with Crippen molar-refractivity contribution in [3.8, 4) is 0 Å². The van der Waals surface area contributed by atoms with Crippen LogP contribution in [-0.4, -0.2) is 18.3 Å². The summed E-state index contributed by atoms with van der Waals surface area (Å²) in [4.78, 5) is 1.52. The van der Waals surface area contributed by atoms with E-state index in [4.69, 9.17) is 0 Å².